The van der Waals surface area contributed by atoms with Crippen molar-refractivity contribution in [3.8, 4) is 0 Å². The highest BCUT2D eigenvalue weighted by molar-refractivity contribution is 4.71. The third-order valence-corrected chi connectivity index (χ3v) is 4.72. The number of piperidine rings is 1. The maximum absolute atomic E-state index is 5.69. The van der Waals surface area contributed by atoms with Gasteiger partial charge in [-0.05, 0) is 71.5 Å². The van der Waals surface area contributed by atoms with Gasteiger partial charge in [-0.15, -0.1) is 0 Å². The van der Waals surface area contributed by atoms with Gasteiger partial charge in [0.2, 0.25) is 0 Å². The number of likely N-dealkylation sites (tertiary alicyclic amines) is 1. The third-order valence-electron chi connectivity index (χ3n) is 4.72. The first kappa shape index (κ1) is 18.0. The maximum Gasteiger partial charge on any atom is 0.0578 e. The van der Waals surface area contributed by atoms with Crippen LogP contribution in [0.2, 0.25) is 0 Å². The molecule has 1 aliphatic heterocycles. The van der Waals surface area contributed by atoms with Crippen LogP contribution in [0.1, 0.15) is 72.6 Å². The molecule has 0 bridgehead atoms. The van der Waals surface area contributed by atoms with Crippen molar-refractivity contribution in [2.45, 2.75) is 84.8 Å². The standard InChI is InChI=1S/C9H19N.C9H18O/c1-8(2)9-4-6-10(3)7-5-9;1-8(2)10-9-6-4-3-5-7-9/h8-9H,4-7H2,1-3H3;8-9H,3-7H2,1-2H3. The van der Waals surface area contributed by atoms with Crippen molar-refractivity contribution in [2.24, 2.45) is 11.8 Å². The van der Waals surface area contributed by atoms with Crippen LogP contribution < -0.4 is 0 Å². The van der Waals surface area contributed by atoms with Crippen LogP contribution in [0.5, 0.6) is 0 Å². The van der Waals surface area contributed by atoms with Gasteiger partial charge in [0, 0.05) is 0 Å². The molecule has 2 rings (SSSR count). The third kappa shape index (κ3) is 7.64. The van der Waals surface area contributed by atoms with E-state index in [-0.39, 0.29) is 0 Å². The molecule has 0 atom stereocenters. The molecule has 1 saturated heterocycles. The molecule has 0 spiro atoms. The van der Waals surface area contributed by atoms with Gasteiger partial charge in [-0.25, -0.2) is 0 Å². The summed E-state index contributed by atoms with van der Waals surface area (Å²) in [6.07, 6.45) is 10.6. The number of hydrogen-bond acceptors (Lipinski definition) is 2. The van der Waals surface area contributed by atoms with Crippen LogP contribution in [0.15, 0.2) is 0 Å². The Morgan fingerprint density at radius 3 is 1.85 bits per heavy atom. The van der Waals surface area contributed by atoms with Gasteiger partial charge in [-0.3, -0.25) is 0 Å². The Hall–Kier alpha value is -0.0800. The average molecular weight is 284 g/mol. The van der Waals surface area contributed by atoms with Gasteiger partial charge < -0.3 is 9.64 Å². The smallest absolute Gasteiger partial charge is 0.0578 e. The molecule has 0 amide bonds. The molecule has 2 aliphatic rings. The van der Waals surface area contributed by atoms with E-state index in [1.807, 2.05) is 0 Å². The minimum atomic E-state index is 0.420. The van der Waals surface area contributed by atoms with Gasteiger partial charge in [0.15, 0.2) is 0 Å². The number of ether oxygens (including phenoxy) is 1. The van der Waals surface area contributed by atoms with Crippen molar-refractivity contribution in [1.29, 1.82) is 0 Å². The lowest BCUT2D eigenvalue weighted by Crippen LogP contribution is -2.32. The number of nitrogens with zero attached hydrogens (tertiary/aromatic N) is 1. The molecule has 0 N–H and O–H groups in total. The van der Waals surface area contributed by atoms with Crippen LogP contribution in [0, 0.1) is 11.8 Å². The fourth-order valence-electron chi connectivity index (χ4n) is 3.28. The lowest BCUT2D eigenvalue weighted by molar-refractivity contribution is -0.0117. The van der Waals surface area contributed by atoms with Crippen LogP contribution >= 0.6 is 0 Å². The van der Waals surface area contributed by atoms with Gasteiger partial charge in [0.25, 0.3) is 0 Å². The average Bonchev–Trinajstić information content (AvgIpc) is 2.40. The summed E-state index contributed by atoms with van der Waals surface area (Å²) < 4.78 is 5.69. The molecule has 0 aromatic carbocycles. The van der Waals surface area contributed by atoms with E-state index in [0.29, 0.717) is 12.2 Å². The summed E-state index contributed by atoms with van der Waals surface area (Å²) in [7, 11) is 2.22. The van der Waals surface area contributed by atoms with Gasteiger partial charge in [0.05, 0.1) is 12.2 Å². The lowest BCUT2D eigenvalue weighted by Gasteiger charge is -2.31. The van der Waals surface area contributed by atoms with Crippen LogP contribution in [0.4, 0.5) is 0 Å². The molecule has 0 aromatic heterocycles. The van der Waals surface area contributed by atoms with Crippen molar-refractivity contribution in [2.75, 3.05) is 20.1 Å². The van der Waals surface area contributed by atoms with E-state index >= 15 is 0 Å². The topological polar surface area (TPSA) is 12.5 Å². The fraction of sp³-hybridized carbons (Fsp3) is 1.00. The highest BCUT2D eigenvalue weighted by Gasteiger charge is 2.18. The monoisotopic (exact) mass is 283 g/mol. The Bertz CT molecular complexity index is 226. The molecule has 120 valence electrons. The summed E-state index contributed by atoms with van der Waals surface area (Å²) in [6.45, 7) is 11.5. The highest BCUT2D eigenvalue weighted by Crippen LogP contribution is 2.23. The second-order valence-electron chi connectivity index (χ2n) is 7.33. The molecule has 2 nitrogen and oxygen atoms in total. The predicted molar refractivity (Wildman–Crippen MR) is 88.2 cm³/mol. The van der Waals surface area contributed by atoms with Gasteiger partial charge in [-0.1, -0.05) is 33.1 Å². The molecule has 20 heavy (non-hydrogen) atoms. The van der Waals surface area contributed by atoms with Crippen molar-refractivity contribution >= 4 is 0 Å². The molecule has 1 saturated carbocycles. The molecular weight excluding hydrogens is 246 g/mol. The summed E-state index contributed by atoms with van der Waals surface area (Å²) >= 11 is 0. The summed E-state index contributed by atoms with van der Waals surface area (Å²) in [5.74, 6) is 1.89. The molecule has 0 radical (unpaired) electrons. The Kier molecular flexibility index (Phi) is 8.79. The van der Waals surface area contributed by atoms with E-state index < -0.39 is 0 Å². The first-order chi connectivity index (χ1) is 9.49. The Labute approximate surface area is 127 Å². The Morgan fingerprint density at radius 1 is 0.850 bits per heavy atom. The van der Waals surface area contributed by atoms with Crippen LogP contribution in [0.3, 0.4) is 0 Å². The summed E-state index contributed by atoms with van der Waals surface area (Å²) in [5, 5.41) is 0. The maximum atomic E-state index is 5.69. The van der Waals surface area contributed by atoms with Crippen LogP contribution in [-0.4, -0.2) is 37.2 Å². The van der Waals surface area contributed by atoms with E-state index in [4.69, 9.17) is 4.74 Å². The molecule has 1 heterocycles. The summed E-state index contributed by atoms with van der Waals surface area (Å²) in [4.78, 5) is 2.43. The SMILES string of the molecule is CC(C)C1CCN(C)CC1.CC(C)OC1CCCCC1. The van der Waals surface area contributed by atoms with E-state index in [0.717, 1.165) is 11.8 Å². The second-order valence-corrected chi connectivity index (χ2v) is 7.33. The van der Waals surface area contributed by atoms with E-state index in [1.165, 1.54) is 58.0 Å². The van der Waals surface area contributed by atoms with E-state index in [9.17, 15) is 0 Å². The van der Waals surface area contributed by atoms with Gasteiger partial charge >= 0.3 is 0 Å². The zero-order valence-electron chi connectivity index (χ0n) is 14.5. The van der Waals surface area contributed by atoms with Gasteiger partial charge in [0.1, 0.15) is 0 Å². The second kappa shape index (κ2) is 9.78. The van der Waals surface area contributed by atoms with Crippen molar-refractivity contribution in [3.63, 3.8) is 0 Å². The Morgan fingerprint density at radius 2 is 1.40 bits per heavy atom. The molecule has 0 aromatic rings. The summed E-state index contributed by atoms with van der Waals surface area (Å²) in [6, 6.07) is 0. The van der Waals surface area contributed by atoms with E-state index in [2.05, 4.69) is 39.6 Å². The molecule has 0 unspecified atom stereocenters. The largest absolute Gasteiger partial charge is 0.376 e. The predicted octanol–water partition coefficient (Wildman–Crippen LogP) is 4.73. The van der Waals surface area contributed by atoms with Crippen molar-refractivity contribution in [3.05, 3.63) is 0 Å². The number of rotatable bonds is 3. The minimum Gasteiger partial charge on any atom is -0.376 e. The van der Waals surface area contributed by atoms with Crippen LogP contribution in [0.25, 0.3) is 0 Å². The lowest BCUT2D eigenvalue weighted by atomic mass is 9.87. The molecule has 2 heteroatoms. The van der Waals surface area contributed by atoms with E-state index in [1.54, 1.807) is 0 Å². The Balaban J connectivity index is 0.000000200. The normalized spacial score (nSPS) is 22.9. The molecule has 1 aliphatic carbocycles. The fourth-order valence-corrected chi connectivity index (χ4v) is 3.28. The number of hydrogen-bond donors (Lipinski definition) is 0. The van der Waals surface area contributed by atoms with Crippen molar-refractivity contribution < 1.29 is 4.74 Å². The first-order valence-electron chi connectivity index (χ1n) is 8.83. The van der Waals surface area contributed by atoms with Crippen LogP contribution in [-0.2, 0) is 4.74 Å². The minimum absolute atomic E-state index is 0.420. The summed E-state index contributed by atoms with van der Waals surface area (Å²) in [5.41, 5.74) is 0. The first-order valence-corrected chi connectivity index (χ1v) is 8.83. The molecular formula is C18H37NO. The highest BCUT2D eigenvalue weighted by atomic mass is 16.5. The molecule has 2 fully saturated rings. The zero-order valence-corrected chi connectivity index (χ0v) is 14.5. The van der Waals surface area contributed by atoms with Crippen molar-refractivity contribution in [1.82, 2.24) is 4.90 Å². The quantitative estimate of drug-likeness (QED) is 0.742. The zero-order chi connectivity index (χ0) is 15.0. The van der Waals surface area contributed by atoms with Gasteiger partial charge in [-0.2, -0.15) is 0 Å².